The Hall–Kier alpha value is -3.02. The highest BCUT2D eigenvalue weighted by Crippen LogP contribution is 2.14. The number of carbonyl (C=O) groups excluding carboxylic acids is 1. The predicted octanol–water partition coefficient (Wildman–Crippen LogP) is 2.23. The van der Waals surface area contributed by atoms with Gasteiger partial charge < -0.3 is 10.4 Å². The Kier molecular flexibility index (Phi) is 4.98. The average Bonchev–Trinajstić information content (AvgIpc) is 2.54. The molecule has 0 saturated heterocycles. The number of amides is 1. The number of nitrogens with one attached hydrogen (secondary N) is 1. The lowest BCUT2D eigenvalue weighted by atomic mass is 10.2. The van der Waals surface area contributed by atoms with Gasteiger partial charge in [-0.25, -0.2) is 4.79 Å². The summed E-state index contributed by atoms with van der Waals surface area (Å²) in [4.78, 5) is 30.8. The van der Waals surface area contributed by atoms with Crippen molar-refractivity contribution in [1.82, 2.24) is 4.98 Å². The van der Waals surface area contributed by atoms with E-state index < -0.39 is 12.0 Å². The van der Waals surface area contributed by atoms with Crippen LogP contribution in [0.25, 0.3) is 0 Å². The van der Waals surface area contributed by atoms with E-state index in [9.17, 15) is 9.59 Å². The van der Waals surface area contributed by atoms with E-state index in [1.807, 2.05) is 0 Å². The third kappa shape index (κ3) is 3.99. The van der Waals surface area contributed by atoms with Gasteiger partial charge in [0.05, 0.1) is 0 Å². The second kappa shape index (κ2) is 7.12. The zero-order chi connectivity index (χ0) is 15.9. The van der Waals surface area contributed by atoms with Crippen molar-refractivity contribution in [2.75, 3.05) is 5.32 Å². The van der Waals surface area contributed by atoms with Crippen LogP contribution in [-0.2, 0) is 4.79 Å². The fourth-order valence-corrected chi connectivity index (χ4v) is 1.66. The first-order chi connectivity index (χ1) is 10.6. The minimum Gasteiger partial charge on any atom is -0.480 e. The van der Waals surface area contributed by atoms with Crippen LogP contribution in [0.3, 0.4) is 0 Å². The molecule has 22 heavy (non-hydrogen) atoms. The van der Waals surface area contributed by atoms with Gasteiger partial charge in [0.15, 0.2) is 0 Å². The number of rotatable bonds is 5. The van der Waals surface area contributed by atoms with E-state index in [1.165, 1.54) is 19.3 Å². The van der Waals surface area contributed by atoms with Gasteiger partial charge in [-0.05, 0) is 25.1 Å². The lowest BCUT2D eigenvalue weighted by molar-refractivity contribution is -0.137. The smallest absolute Gasteiger partial charge is 0.328 e. The zero-order valence-electron chi connectivity index (χ0n) is 11.9. The maximum Gasteiger partial charge on any atom is 0.328 e. The number of hydrogen-bond acceptors (Lipinski definition) is 4. The summed E-state index contributed by atoms with van der Waals surface area (Å²) in [6.45, 7) is 1.48. The molecule has 0 spiro atoms. The Morgan fingerprint density at radius 2 is 1.95 bits per heavy atom. The summed E-state index contributed by atoms with van der Waals surface area (Å²) in [6.07, 6.45) is 2.98. The highest BCUT2D eigenvalue weighted by Gasteiger charge is 2.10. The summed E-state index contributed by atoms with van der Waals surface area (Å²) in [6, 6.07) is 11.2. The van der Waals surface area contributed by atoms with Crippen molar-refractivity contribution in [3.8, 4) is 0 Å². The van der Waals surface area contributed by atoms with Crippen LogP contribution in [0.2, 0.25) is 0 Å². The van der Waals surface area contributed by atoms with Crippen LogP contribution in [0.1, 0.15) is 23.0 Å². The first-order valence-corrected chi connectivity index (χ1v) is 6.65. The number of carboxylic acid groups (broad SMARTS) is 1. The molecule has 1 atom stereocenters. The number of para-hydroxylation sites is 1. The molecule has 0 fully saturated rings. The number of pyridine rings is 1. The van der Waals surface area contributed by atoms with Crippen LogP contribution in [0.4, 0.5) is 5.69 Å². The molecule has 1 unspecified atom stereocenters. The molecule has 0 aliphatic carbocycles. The van der Waals surface area contributed by atoms with Gasteiger partial charge in [0, 0.05) is 23.7 Å². The van der Waals surface area contributed by atoms with Gasteiger partial charge in [0.2, 0.25) is 0 Å². The summed E-state index contributed by atoms with van der Waals surface area (Å²) in [5, 5.41) is 11.6. The van der Waals surface area contributed by atoms with E-state index in [0.29, 0.717) is 16.9 Å². The number of aliphatic carboxylic acids is 1. The highest BCUT2D eigenvalue weighted by molar-refractivity contribution is 6.05. The van der Waals surface area contributed by atoms with Gasteiger partial charge in [-0.1, -0.05) is 24.3 Å². The van der Waals surface area contributed by atoms with E-state index in [-0.39, 0.29) is 5.91 Å². The van der Waals surface area contributed by atoms with Crippen LogP contribution < -0.4 is 5.32 Å². The summed E-state index contributed by atoms with van der Waals surface area (Å²) >= 11 is 0. The van der Waals surface area contributed by atoms with Crippen molar-refractivity contribution < 1.29 is 14.7 Å². The zero-order valence-corrected chi connectivity index (χ0v) is 11.9. The largest absolute Gasteiger partial charge is 0.480 e. The second-order valence-corrected chi connectivity index (χ2v) is 4.55. The van der Waals surface area contributed by atoms with Gasteiger partial charge in [0.1, 0.15) is 11.7 Å². The molecule has 2 rings (SSSR count). The van der Waals surface area contributed by atoms with Crippen LogP contribution in [0.15, 0.2) is 53.7 Å². The molecule has 6 heteroatoms. The number of aromatic nitrogens is 1. The van der Waals surface area contributed by atoms with Gasteiger partial charge in [-0.2, -0.15) is 0 Å². The van der Waals surface area contributed by atoms with Gasteiger partial charge in [0.25, 0.3) is 5.91 Å². The van der Waals surface area contributed by atoms with Crippen molar-refractivity contribution in [2.24, 2.45) is 4.99 Å². The van der Waals surface area contributed by atoms with E-state index in [1.54, 1.807) is 42.5 Å². The minimum absolute atomic E-state index is 0.299. The SMILES string of the molecule is CC(N=Cc1ccccc1NC(=O)c1ccccn1)C(=O)O. The second-order valence-electron chi connectivity index (χ2n) is 4.55. The number of nitrogens with zero attached hydrogens (tertiary/aromatic N) is 2. The molecular formula is C16H15N3O3. The predicted molar refractivity (Wildman–Crippen MR) is 83.3 cm³/mol. The van der Waals surface area contributed by atoms with Crippen molar-refractivity contribution in [2.45, 2.75) is 13.0 Å². The third-order valence-electron chi connectivity index (χ3n) is 2.90. The summed E-state index contributed by atoms with van der Waals surface area (Å²) in [5.41, 5.74) is 1.47. The summed E-state index contributed by atoms with van der Waals surface area (Å²) in [5.74, 6) is -1.35. The maximum atomic E-state index is 12.1. The van der Waals surface area contributed by atoms with Crippen LogP contribution in [0, 0.1) is 0 Å². The Morgan fingerprint density at radius 1 is 1.23 bits per heavy atom. The lowest BCUT2D eigenvalue weighted by Crippen LogP contribution is -2.15. The molecule has 1 heterocycles. The first kappa shape index (κ1) is 15.4. The molecule has 1 amide bonds. The fourth-order valence-electron chi connectivity index (χ4n) is 1.66. The summed E-state index contributed by atoms with van der Waals surface area (Å²) < 4.78 is 0. The van der Waals surface area contributed by atoms with Crippen molar-refractivity contribution in [3.63, 3.8) is 0 Å². The number of hydrogen-bond donors (Lipinski definition) is 2. The third-order valence-corrected chi connectivity index (χ3v) is 2.90. The first-order valence-electron chi connectivity index (χ1n) is 6.65. The number of anilines is 1. The van der Waals surface area contributed by atoms with E-state index in [2.05, 4.69) is 15.3 Å². The molecule has 0 aliphatic heterocycles. The molecule has 0 saturated carbocycles. The molecule has 112 valence electrons. The summed E-state index contributed by atoms with van der Waals surface area (Å²) in [7, 11) is 0. The fraction of sp³-hybridized carbons (Fsp3) is 0.125. The van der Waals surface area contributed by atoms with E-state index >= 15 is 0 Å². The Bertz CT molecular complexity index is 699. The topological polar surface area (TPSA) is 91.7 Å². The number of benzene rings is 1. The molecule has 0 bridgehead atoms. The molecule has 1 aromatic heterocycles. The number of carbonyl (C=O) groups is 2. The maximum absolute atomic E-state index is 12.1. The lowest BCUT2D eigenvalue weighted by Gasteiger charge is -2.08. The number of carboxylic acids is 1. The van der Waals surface area contributed by atoms with Crippen LogP contribution in [0.5, 0.6) is 0 Å². The van der Waals surface area contributed by atoms with Crippen molar-refractivity contribution in [3.05, 3.63) is 59.9 Å². The molecule has 0 radical (unpaired) electrons. The molecule has 6 nitrogen and oxygen atoms in total. The molecule has 0 aliphatic rings. The van der Waals surface area contributed by atoms with Gasteiger partial charge in [-0.15, -0.1) is 0 Å². The average molecular weight is 297 g/mol. The molecule has 2 N–H and O–H groups in total. The quantitative estimate of drug-likeness (QED) is 0.828. The van der Waals surface area contributed by atoms with Gasteiger partial charge >= 0.3 is 5.97 Å². The molecule has 1 aromatic carbocycles. The molecule has 2 aromatic rings. The minimum atomic E-state index is -1.01. The van der Waals surface area contributed by atoms with E-state index in [4.69, 9.17) is 5.11 Å². The van der Waals surface area contributed by atoms with Gasteiger partial charge in [-0.3, -0.25) is 14.8 Å². The standard InChI is InChI=1S/C16H15N3O3/c1-11(16(21)22)18-10-12-6-2-3-7-13(12)19-15(20)14-8-4-5-9-17-14/h2-11H,1H3,(H,19,20)(H,21,22). The monoisotopic (exact) mass is 297 g/mol. The van der Waals surface area contributed by atoms with Crippen LogP contribution >= 0.6 is 0 Å². The van der Waals surface area contributed by atoms with E-state index in [0.717, 1.165) is 0 Å². The normalized spacial score (nSPS) is 12.0. The van der Waals surface area contributed by atoms with Crippen molar-refractivity contribution >= 4 is 23.8 Å². The Labute approximate surface area is 127 Å². The Balaban J connectivity index is 2.18. The Morgan fingerprint density at radius 3 is 2.64 bits per heavy atom. The molecular weight excluding hydrogens is 282 g/mol. The van der Waals surface area contributed by atoms with Crippen LogP contribution in [-0.4, -0.2) is 34.2 Å². The number of aliphatic imine (C=N–C) groups is 1. The van der Waals surface area contributed by atoms with Crippen molar-refractivity contribution in [1.29, 1.82) is 0 Å². The highest BCUT2D eigenvalue weighted by atomic mass is 16.4.